The molecule has 1 fully saturated rings. The highest BCUT2D eigenvalue weighted by atomic mass is 32.2. The van der Waals surface area contributed by atoms with Gasteiger partial charge in [0.25, 0.3) is 0 Å². The topological polar surface area (TPSA) is 81.4 Å². The van der Waals surface area contributed by atoms with E-state index in [1.54, 1.807) is 12.1 Å². The van der Waals surface area contributed by atoms with Crippen molar-refractivity contribution in [2.75, 3.05) is 18.9 Å². The number of ether oxygens (including phenoxy) is 1. The van der Waals surface area contributed by atoms with Crippen molar-refractivity contribution in [3.63, 3.8) is 0 Å². The molecular weight excluding hydrogens is 252 g/mol. The summed E-state index contributed by atoms with van der Waals surface area (Å²) in [5.41, 5.74) is 6.90. The van der Waals surface area contributed by atoms with Crippen LogP contribution in [0.15, 0.2) is 23.1 Å². The first-order valence-electron chi connectivity index (χ1n) is 6.01. The van der Waals surface area contributed by atoms with Gasteiger partial charge in [0.15, 0.2) is 0 Å². The first kappa shape index (κ1) is 13.3. The van der Waals surface area contributed by atoms with E-state index in [0.717, 1.165) is 5.56 Å². The van der Waals surface area contributed by atoms with E-state index in [1.165, 1.54) is 6.07 Å². The molecule has 1 aliphatic heterocycles. The molecule has 5 nitrogen and oxygen atoms in total. The van der Waals surface area contributed by atoms with Crippen molar-refractivity contribution in [3.8, 4) is 0 Å². The Morgan fingerprint density at radius 3 is 2.89 bits per heavy atom. The summed E-state index contributed by atoms with van der Waals surface area (Å²) >= 11 is 0. The molecule has 1 heterocycles. The second-order valence-corrected chi connectivity index (χ2v) is 6.08. The van der Waals surface area contributed by atoms with Gasteiger partial charge in [0, 0.05) is 18.3 Å². The molecule has 0 bridgehead atoms. The lowest BCUT2D eigenvalue weighted by Gasteiger charge is -2.14. The van der Waals surface area contributed by atoms with Gasteiger partial charge in [-0.15, -0.1) is 0 Å². The van der Waals surface area contributed by atoms with E-state index in [0.29, 0.717) is 31.7 Å². The molecule has 0 spiro atoms. The fraction of sp³-hybridized carbons (Fsp3) is 0.500. The molecule has 100 valence electrons. The average molecular weight is 270 g/mol. The smallest absolute Gasteiger partial charge is 0.241 e. The molecule has 1 aromatic carbocycles. The van der Waals surface area contributed by atoms with Gasteiger partial charge in [0.2, 0.25) is 10.0 Å². The SMILES string of the molecule is CCc1ccc(N)cc1S(=O)(=O)NC1CCOC1. The number of hydrogen-bond donors (Lipinski definition) is 2. The Balaban J connectivity index is 2.30. The Kier molecular flexibility index (Phi) is 3.89. The predicted molar refractivity (Wildman–Crippen MR) is 69.8 cm³/mol. The summed E-state index contributed by atoms with van der Waals surface area (Å²) in [6.07, 6.45) is 1.36. The number of rotatable bonds is 4. The van der Waals surface area contributed by atoms with Crippen LogP contribution in [0.1, 0.15) is 18.9 Å². The van der Waals surface area contributed by atoms with Gasteiger partial charge in [0.05, 0.1) is 11.5 Å². The van der Waals surface area contributed by atoms with Crippen molar-refractivity contribution in [2.24, 2.45) is 0 Å². The third-order valence-electron chi connectivity index (χ3n) is 3.01. The fourth-order valence-electron chi connectivity index (χ4n) is 2.02. The highest BCUT2D eigenvalue weighted by molar-refractivity contribution is 7.89. The van der Waals surface area contributed by atoms with Gasteiger partial charge in [-0.3, -0.25) is 0 Å². The predicted octanol–water partition coefficient (Wildman–Crippen LogP) is 0.898. The summed E-state index contributed by atoms with van der Waals surface area (Å²) in [5, 5.41) is 0. The van der Waals surface area contributed by atoms with Crippen LogP contribution in [-0.4, -0.2) is 27.7 Å². The lowest BCUT2D eigenvalue weighted by atomic mass is 10.1. The molecule has 0 aliphatic carbocycles. The van der Waals surface area contributed by atoms with Crippen LogP contribution in [0.5, 0.6) is 0 Å². The second kappa shape index (κ2) is 5.26. The molecule has 0 saturated carbocycles. The maximum absolute atomic E-state index is 12.3. The molecule has 0 amide bonds. The molecule has 2 rings (SSSR count). The number of nitrogen functional groups attached to an aromatic ring is 1. The standard InChI is InChI=1S/C12H18N2O3S/c1-2-9-3-4-10(13)7-12(9)18(15,16)14-11-5-6-17-8-11/h3-4,7,11,14H,2,5-6,8,13H2,1H3. The zero-order valence-electron chi connectivity index (χ0n) is 10.3. The first-order valence-corrected chi connectivity index (χ1v) is 7.49. The van der Waals surface area contributed by atoms with Gasteiger partial charge in [0.1, 0.15) is 0 Å². The van der Waals surface area contributed by atoms with Crippen LogP contribution in [0, 0.1) is 0 Å². The van der Waals surface area contributed by atoms with Crippen molar-refractivity contribution in [1.29, 1.82) is 0 Å². The number of nitrogens with one attached hydrogen (secondary N) is 1. The van der Waals surface area contributed by atoms with Crippen LogP contribution in [0.3, 0.4) is 0 Å². The summed E-state index contributed by atoms with van der Waals surface area (Å²) in [5.74, 6) is 0. The number of hydrogen-bond acceptors (Lipinski definition) is 4. The summed E-state index contributed by atoms with van der Waals surface area (Å²) in [6.45, 7) is 2.96. The van der Waals surface area contributed by atoms with Crippen LogP contribution in [0.25, 0.3) is 0 Å². The fourth-order valence-corrected chi connectivity index (χ4v) is 3.62. The van der Waals surface area contributed by atoms with Crippen LogP contribution in [-0.2, 0) is 21.2 Å². The quantitative estimate of drug-likeness (QED) is 0.796. The Bertz CT molecular complexity index is 522. The monoisotopic (exact) mass is 270 g/mol. The summed E-state index contributed by atoms with van der Waals surface area (Å²) in [4.78, 5) is 0.275. The van der Waals surface area contributed by atoms with E-state index in [-0.39, 0.29) is 10.9 Å². The molecule has 3 N–H and O–H groups in total. The first-order chi connectivity index (χ1) is 8.53. The van der Waals surface area contributed by atoms with Crippen LogP contribution in [0.4, 0.5) is 5.69 Å². The normalized spacial score (nSPS) is 20.2. The Morgan fingerprint density at radius 2 is 2.28 bits per heavy atom. The maximum atomic E-state index is 12.3. The number of aryl methyl sites for hydroxylation is 1. The van der Waals surface area contributed by atoms with Crippen molar-refractivity contribution >= 4 is 15.7 Å². The number of anilines is 1. The zero-order chi connectivity index (χ0) is 13.2. The Morgan fingerprint density at radius 1 is 1.50 bits per heavy atom. The number of benzene rings is 1. The largest absolute Gasteiger partial charge is 0.399 e. The van der Waals surface area contributed by atoms with E-state index in [1.807, 2.05) is 6.92 Å². The summed E-state index contributed by atoms with van der Waals surface area (Å²) in [7, 11) is -3.52. The number of nitrogens with two attached hydrogens (primary N) is 1. The van der Waals surface area contributed by atoms with Gasteiger partial charge >= 0.3 is 0 Å². The molecular formula is C12H18N2O3S. The zero-order valence-corrected chi connectivity index (χ0v) is 11.2. The van der Waals surface area contributed by atoms with E-state index < -0.39 is 10.0 Å². The molecule has 1 aromatic rings. The van der Waals surface area contributed by atoms with Crippen LogP contribution < -0.4 is 10.5 Å². The molecule has 1 unspecified atom stereocenters. The van der Waals surface area contributed by atoms with Crippen LogP contribution >= 0.6 is 0 Å². The van der Waals surface area contributed by atoms with E-state index in [4.69, 9.17) is 10.5 Å². The summed E-state index contributed by atoms with van der Waals surface area (Å²) < 4.78 is 32.4. The molecule has 1 saturated heterocycles. The molecule has 1 aliphatic rings. The third-order valence-corrected chi connectivity index (χ3v) is 4.62. The summed E-state index contributed by atoms with van der Waals surface area (Å²) in [6, 6.07) is 4.85. The lowest BCUT2D eigenvalue weighted by Crippen LogP contribution is -2.35. The number of sulfonamides is 1. The minimum absolute atomic E-state index is 0.138. The van der Waals surface area contributed by atoms with Crippen LogP contribution in [0.2, 0.25) is 0 Å². The second-order valence-electron chi connectivity index (χ2n) is 4.40. The van der Waals surface area contributed by atoms with Gasteiger partial charge in [-0.05, 0) is 30.5 Å². The lowest BCUT2D eigenvalue weighted by molar-refractivity contribution is 0.192. The Hall–Kier alpha value is -1.11. The van der Waals surface area contributed by atoms with Gasteiger partial charge in [-0.25, -0.2) is 13.1 Å². The van der Waals surface area contributed by atoms with Gasteiger partial charge < -0.3 is 10.5 Å². The van der Waals surface area contributed by atoms with E-state index in [2.05, 4.69) is 4.72 Å². The van der Waals surface area contributed by atoms with Gasteiger partial charge in [-0.1, -0.05) is 13.0 Å². The van der Waals surface area contributed by atoms with E-state index in [9.17, 15) is 8.42 Å². The molecule has 1 atom stereocenters. The van der Waals surface area contributed by atoms with Crippen molar-refractivity contribution < 1.29 is 13.2 Å². The van der Waals surface area contributed by atoms with E-state index >= 15 is 0 Å². The molecule has 0 aromatic heterocycles. The third kappa shape index (κ3) is 2.82. The molecule has 6 heteroatoms. The Labute approximate surface area is 107 Å². The highest BCUT2D eigenvalue weighted by Crippen LogP contribution is 2.20. The minimum atomic E-state index is -3.52. The maximum Gasteiger partial charge on any atom is 0.241 e. The van der Waals surface area contributed by atoms with Crippen molar-refractivity contribution in [3.05, 3.63) is 23.8 Å². The van der Waals surface area contributed by atoms with Crippen molar-refractivity contribution in [1.82, 2.24) is 4.72 Å². The van der Waals surface area contributed by atoms with Gasteiger partial charge in [-0.2, -0.15) is 0 Å². The highest BCUT2D eigenvalue weighted by Gasteiger charge is 2.25. The molecule has 18 heavy (non-hydrogen) atoms. The minimum Gasteiger partial charge on any atom is -0.399 e. The van der Waals surface area contributed by atoms with Crippen molar-refractivity contribution in [2.45, 2.75) is 30.7 Å². The molecule has 0 radical (unpaired) electrons. The average Bonchev–Trinajstić information content (AvgIpc) is 2.81.